The van der Waals surface area contributed by atoms with Crippen molar-refractivity contribution >= 4 is 11.6 Å². The second kappa shape index (κ2) is 8.22. The summed E-state index contributed by atoms with van der Waals surface area (Å²) in [6.45, 7) is 0.245. The number of nitrogens with one attached hydrogen (secondary N) is 2. The second-order valence-electron chi connectivity index (χ2n) is 6.75. The Kier molecular flexibility index (Phi) is 5.33. The van der Waals surface area contributed by atoms with E-state index in [-0.39, 0.29) is 24.1 Å². The molecule has 0 aliphatic carbocycles. The van der Waals surface area contributed by atoms with Gasteiger partial charge in [0.2, 0.25) is 6.10 Å². The Bertz CT molecular complexity index is 1030. The second-order valence-corrected chi connectivity index (χ2v) is 6.75. The van der Waals surface area contributed by atoms with Crippen LogP contribution in [0.25, 0.3) is 11.3 Å². The van der Waals surface area contributed by atoms with E-state index >= 15 is 0 Å². The van der Waals surface area contributed by atoms with Gasteiger partial charge in [-0.05, 0) is 42.0 Å². The number of aromatic amines is 1. The van der Waals surface area contributed by atoms with Crippen molar-refractivity contribution in [2.45, 2.75) is 25.5 Å². The van der Waals surface area contributed by atoms with Crippen LogP contribution in [0.5, 0.6) is 0 Å². The summed E-state index contributed by atoms with van der Waals surface area (Å²) >= 11 is 0. The van der Waals surface area contributed by atoms with E-state index in [0.29, 0.717) is 18.5 Å². The Morgan fingerprint density at radius 1 is 1.10 bits per heavy atom. The van der Waals surface area contributed by atoms with E-state index in [1.54, 1.807) is 30.5 Å². The van der Waals surface area contributed by atoms with Gasteiger partial charge in [-0.3, -0.25) is 9.89 Å². The molecule has 3 aromatic rings. The molecule has 2 N–H and O–H groups in total. The Morgan fingerprint density at radius 2 is 1.79 bits per heavy atom. The zero-order valence-corrected chi connectivity index (χ0v) is 15.4. The Hall–Kier alpha value is -3.55. The van der Waals surface area contributed by atoms with Gasteiger partial charge in [0.25, 0.3) is 5.91 Å². The molecule has 0 radical (unpaired) electrons. The van der Waals surface area contributed by atoms with Crippen molar-refractivity contribution in [1.29, 1.82) is 0 Å². The van der Waals surface area contributed by atoms with Crippen molar-refractivity contribution in [2.24, 2.45) is 5.16 Å². The number of carbonyl (C=O) groups excluding carboxylic acids is 1. The Morgan fingerprint density at radius 3 is 2.52 bits per heavy atom. The number of rotatable bonds is 6. The van der Waals surface area contributed by atoms with Gasteiger partial charge in [-0.25, -0.2) is 8.78 Å². The lowest BCUT2D eigenvalue weighted by molar-refractivity contribution is -0.131. The molecule has 8 heteroatoms. The molecule has 6 nitrogen and oxygen atoms in total. The average Bonchev–Trinajstić information content (AvgIpc) is 3.38. The quantitative estimate of drug-likeness (QED) is 0.671. The molecular formula is C21H18F2N4O2. The molecule has 1 aromatic heterocycles. The van der Waals surface area contributed by atoms with Crippen LogP contribution in [0.4, 0.5) is 8.78 Å². The molecule has 2 heterocycles. The molecule has 0 saturated carbocycles. The molecule has 1 aliphatic heterocycles. The van der Waals surface area contributed by atoms with Crippen LogP contribution in [-0.4, -0.2) is 27.9 Å². The fourth-order valence-corrected chi connectivity index (χ4v) is 3.12. The molecule has 0 spiro atoms. The normalized spacial score (nSPS) is 15.7. The number of halogens is 2. The zero-order chi connectivity index (χ0) is 20.2. The van der Waals surface area contributed by atoms with Crippen LogP contribution >= 0.6 is 0 Å². The maximum Gasteiger partial charge on any atom is 0.264 e. The molecule has 0 saturated heterocycles. The van der Waals surface area contributed by atoms with Gasteiger partial charge in [-0.15, -0.1) is 0 Å². The lowest BCUT2D eigenvalue weighted by atomic mass is 10.0. The molecule has 1 atom stereocenters. The smallest absolute Gasteiger partial charge is 0.264 e. The van der Waals surface area contributed by atoms with E-state index in [0.717, 1.165) is 22.4 Å². The fraction of sp³-hybridized carbons (Fsp3) is 0.190. The highest BCUT2D eigenvalue weighted by Gasteiger charge is 2.28. The molecule has 0 bridgehead atoms. The maximum absolute atomic E-state index is 13.1. The van der Waals surface area contributed by atoms with Crippen LogP contribution in [0, 0.1) is 11.6 Å². The first kappa shape index (κ1) is 18.8. The third-order valence-electron chi connectivity index (χ3n) is 4.65. The van der Waals surface area contributed by atoms with Crippen LogP contribution in [0.3, 0.4) is 0 Å². The molecule has 0 fully saturated rings. The van der Waals surface area contributed by atoms with Gasteiger partial charge in [-0.1, -0.05) is 17.3 Å². The summed E-state index contributed by atoms with van der Waals surface area (Å²) in [5, 5.41) is 13.7. The van der Waals surface area contributed by atoms with Gasteiger partial charge in [0, 0.05) is 30.5 Å². The van der Waals surface area contributed by atoms with Crippen LogP contribution in [-0.2, 0) is 22.6 Å². The third kappa shape index (κ3) is 4.48. The van der Waals surface area contributed by atoms with Crippen molar-refractivity contribution in [1.82, 2.24) is 15.5 Å². The van der Waals surface area contributed by atoms with Crippen LogP contribution < -0.4 is 5.32 Å². The van der Waals surface area contributed by atoms with E-state index in [9.17, 15) is 13.6 Å². The van der Waals surface area contributed by atoms with Crippen LogP contribution in [0.1, 0.15) is 17.5 Å². The van der Waals surface area contributed by atoms with E-state index < -0.39 is 6.10 Å². The molecule has 0 unspecified atom stereocenters. The maximum atomic E-state index is 13.1. The third-order valence-corrected chi connectivity index (χ3v) is 4.65. The van der Waals surface area contributed by atoms with Crippen molar-refractivity contribution < 1.29 is 18.4 Å². The van der Waals surface area contributed by atoms with Gasteiger partial charge >= 0.3 is 0 Å². The minimum Gasteiger partial charge on any atom is -0.382 e. The van der Waals surface area contributed by atoms with Crippen molar-refractivity contribution in [2.75, 3.05) is 0 Å². The standard InChI is InChI=1S/C21H18F2N4O2/c22-16-5-1-13(2-6-16)9-18-10-19(29-27-18)21(28)24-11-15-12-25-26-20(15)14-3-7-17(23)8-4-14/h1-8,12,19H,9-11H2,(H,24,28)(H,25,26)/t19-/m0/s1. The van der Waals surface area contributed by atoms with Crippen molar-refractivity contribution in [3.8, 4) is 11.3 Å². The summed E-state index contributed by atoms with van der Waals surface area (Å²) in [6.07, 6.45) is 1.79. The lowest BCUT2D eigenvalue weighted by Crippen LogP contribution is -2.34. The number of nitrogens with zero attached hydrogens (tertiary/aromatic N) is 2. The topological polar surface area (TPSA) is 79.4 Å². The van der Waals surface area contributed by atoms with Crippen molar-refractivity contribution in [3.05, 3.63) is 77.5 Å². The highest BCUT2D eigenvalue weighted by molar-refractivity contribution is 5.94. The first-order valence-corrected chi connectivity index (χ1v) is 9.10. The van der Waals surface area contributed by atoms with Crippen LogP contribution in [0.2, 0.25) is 0 Å². The molecule has 1 aliphatic rings. The lowest BCUT2D eigenvalue weighted by Gasteiger charge is -2.10. The number of carbonyl (C=O) groups is 1. The number of hydrogen-bond acceptors (Lipinski definition) is 4. The molecule has 148 valence electrons. The Labute approximate surface area is 165 Å². The molecule has 4 rings (SSSR count). The number of amides is 1. The summed E-state index contributed by atoms with van der Waals surface area (Å²) < 4.78 is 26.1. The van der Waals surface area contributed by atoms with Gasteiger partial charge in [0.05, 0.1) is 17.6 Å². The van der Waals surface area contributed by atoms with Gasteiger partial charge < -0.3 is 10.2 Å². The van der Waals surface area contributed by atoms with E-state index in [1.807, 2.05) is 0 Å². The molecular weight excluding hydrogens is 378 g/mol. The number of H-pyrrole nitrogens is 1. The predicted octanol–water partition coefficient (Wildman–Crippen LogP) is 3.36. The largest absolute Gasteiger partial charge is 0.382 e. The highest BCUT2D eigenvalue weighted by Crippen LogP contribution is 2.21. The van der Waals surface area contributed by atoms with Gasteiger partial charge in [0.15, 0.2) is 0 Å². The number of aromatic nitrogens is 2. The summed E-state index contributed by atoms with van der Waals surface area (Å²) in [5.41, 5.74) is 3.89. The monoisotopic (exact) mass is 396 g/mol. The summed E-state index contributed by atoms with van der Waals surface area (Å²) in [7, 11) is 0. The van der Waals surface area contributed by atoms with E-state index in [1.165, 1.54) is 24.3 Å². The van der Waals surface area contributed by atoms with E-state index in [2.05, 4.69) is 20.7 Å². The minimum absolute atomic E-state index is 0.245. The Balaban J connectivity index is 1.32. The van der Waals surface area contributed by atoms with Crippen molar-refractivity contribution in [3.63, 3.8) is 0 Å². The zero-order valence-electron chi connectivity index (χ0n) is 15.4. The molecule has 1 amide bonds. The molecule has 29 heavy (non-hydrogen) atoms. The number of oxime groups is 1. The number of benzene rings is 2. The first-order valence-electron chi connectivity index (χ1n) is 9.10. The predicted molar refractivity (Wildman–Crippen MR) is 103 cm³/mol. The molecule has 2 aromatic carbocycles. The summed E-state index contributed by atoms with van der Waals surface area (Å²) in [6, 6.07) is 12.2. The summed E-state index contributed by atoms with van der Waals surface area (Å²) in [4.78, 5) is 17.7. The average molecular weight is 396 g/mol. The number of hydrogen-bond donors (Lipinski definition) is 2. The van der Waals surface area contributed by atoms with Gasteiger partial charge in [-0.2, -0.15) is 5.10 Å². The fourth-order valence-electron chi connectivity index (χ4n) is 3.12. The van der Waals surface area contributed by atoms with Crippen LogP contribution in [0.15, 0.2) is 59.9 Å². The highest BCUT2D eigenvalue weighted by atomic mass is 19.1. The van der Waals surface area contributed by atoms with E-state index in [4.69, 9.17) is 4.84 Å². The summed E-state index contributed by atoms with van der Waals surface area (Å²) in [5.74, 6) is -0.901. The van der Waals surface area contributed by atoms with Gasteiger partial charge in [0.1, 0.15) is 11.6 Å². The minimum atomic E-state index is -0.702. The first-order chi connectivity index (χ1) is 14.1. The SMILES string of the molecule is O=C(NCc1cn[nH]c1-c1ccc(F)cc1)[C@@H]1CC(Cc2ccc(F)cc2)=NO1.